The van der Waals surface area contributed by atoms with E-state index in [9.17, 15) is 9.90 Å². The third kappa shape index (κ3) is 4.68. The monoisotopic (exact) mass is 297 g/mol. The van der Waals surface area contributed by atoms with E-state index < -0.39 is 6.29 Å². The highest BCUT2D eigenvalue weighted by Gasteiger charge is 2.12. The number of Topliss-reactive ketones (excluding diaryl/α,β-unsaturated/α-hetero) is 1. The van der Waals surface area contributed by atoms with Crippen molar-refractivity contribution in [3.8, 4) is 0 Å². The zero-order valence-corrected chi connectivity index (χ0v) is 12.3. The van der Waals surface area contributed by atoms with E-state index in [1.807, 2.05) is 36.4 Å². The van der Waals surface area contributed by atoms with E-state index in [0.717, 1.165) is 11.1 Å². The van der Waals surface area contributed by atoms with Crippen LogP contribution >= 0.6 is 0 Å². The molecule has 0 amide bonds. The van der Waals surface area contributed by atoms with Gasteiger partial charge in [-0.2, -0.15) is 0 Å². The summed E-state index contributed by atoms with van der Waals surface area (Å²) < 4.78 is 5.01. The molecule has 0 aromatic heterocycles. The van der Waals surface area contributed by atoms with Crippen molar-refractivity contribution in [1.82, 2.24) is 0 Å². The van der Waals surface area contributed by atoms with Gasteiger partial charge in [-0.1, -0.05) is 41.8 Å². The SMILES string of the molecule is NCCOC(O)CCC(=O)C1=C=C=C(c2ccccc2)C=C1. The van der Waals surface area contributed by atoms with Crippen LogP contribution < -0.4 is 5.73 Å². The normalized spacial score (nSPS) is 14.5. The molecule has 2 rings (SSSR count). The number of ketones is 1. The second-order valence-corrected chi connectivity index (χ2v) is 4.85. The van der Waals surface area contributed by atoms with Crippen LogP contribution in [0.4, 0.5) is 0 Å². The number of ether oxygens (including phenoxy) is 1. The van der Waals surface area contributed by atoms with Crippen molar-refractivity contribution in [2.75, 3.05) is 13.2 Å². The smallest absolute Gasteiger partial charge is 0.171 e. The zero-order valence-electron chi connectivity index (χ0n) is 12.3. The summed E-state index contributed by atoms with van der Waals surface area (Å²) in [4.78, 5) is 12.0. The molecule has 0 bridgehead atoms. The molecule has 1 aliphatic rings. The van der Waals surface area contributed by atoms with Gasteiger partial charge in [0, 0.05) is 25.0 Å². The molecule has 0 fully saturated rings. The van der Waals surface area contributed by atoms with Crippen molar-refractivity contribution in [3.05, 3.63) is 65.1 Å². The minimum Gasteiger partial charge on any atom is -0.368 e. The lowest BCUT2D eigenvalue weighted by Gasteiger charge is -2.10. The summed E-state index contributed by atoms with van der Waals surface area (Å²) in [6.45, 7) is 0.621. The summed E-state index contributed by atoms with van der Waals surface area (Å²) in [7, 11) is 0. The number of nitrogens with two attached hydrogens (primary N) is 1. The van der Waals surface area contributed by atoms with Crippen LogP contribution in [0.15, 0.2) is 59.5 Å². The molecule has 1 aromatic rings. The highest BCUT2D eigenvalue weighted by atomic mass is 16.6. The van der Waals surface area contributed by atoms with Gasteiger partial charge in [-0.25, -0.2) is 0 Å². The third-order valence-corrected chi connectivity index (χ3v) is 3.18. The van der Waals surface area contributed by atoms with Gasteiger partial charge in [-0.3, -0.25) is 4.79 Å². The molecule has 1 aliphatic carbocycles. The van der Waals surface area contributed by atoms with E-state index >= 15 is 0 Å². The van der Waals surface area contributed by atoms with Gasteiger partial charge in [-0.15, -0.1) is 0 Å². The minimum absolute atomic E-state index is 0.0914. The van der Waals surface area contributed by atoms with Crippen LogP contribution in [0.3, 0.4) is 0 Å². The van der Waals surface area contributed by atoms with E-state index in [1.165, 1.54) is 0 Å². The average Bonchev–Trinajstić information content (AvgIpc) is 2.58. The fraction of sp³-hybridized carbons (Fsp3) is 0.278. The molecule has 4 nitrogen and oxygen atoms in total. The van der Waals surface area contributed by atoms with E-state index in [-0.39, 0.29) is 25.2 Å². The largest absolute Gasteiger partial charge is 0.368 e. The molecule has 4 heteroatoms. The Labute approximate surface area is 129 Å². The molecule has 0 radical (unpaired) electrons. The fourth-order valence-corrected chi connectivity index (χ4v) is 2.01. The lowest BCUT2D eigenvalue weighted by atomic mass is 10.00. The number of hydrogen-bond acceptors (Lipinski definition) is 4. The standard InChI is InChI=1S/C18H19NO3/c19-12-13-22-18(21)11-10-17(20)16-8-6-15(7-9-16)14-4-2-1-3-5-14/h1-6,8,18,21H,10-13,19H2. The van der Waals surface area contributed by atoms with E-state index in [0.29, 0.717) is 12.1 Å². The van der Waals surface area contributed by atoms with E-state index in [2.05, 4.69) is 11.5 Å². The molecule has 1 atom stereocenters. The maximum absolute atomic E-state index is 12.0. The molecule has 0 saturated carbocycles. The molecule has 3 N–H and O–H groups in total. The second-order valence-electron chi connectivity index (χ2n) is 4.85. The van der Waals surface area contributed by atoms with Crippen LogP contribution in [0.1, 0.15) is 18.4 Å². The maximum Gasteiger partial charge on any atom is 0.171 e. The van der Waals surface area contributed by atoms with Crippen molar-refractivity contribution >= 4 is 11.4 Å². The Morgan fingerprint density at radius 2 is 2.00 bits per heavy atom. The molecular formula is C18H19NO3. The Kier molecular flexibility index (Phi) is 6.11. The van der Waals surface area contributed by atoms with Crippen molar-refractivity contribution < 1.29 is 14.6 Å². The van der Waals surface area contributed by atoms with Crippen LogP contribution in [-0.4, -0.2) is 30.3 Å². The predicted octanol–water partition coefficient (Wildman–Crippen LogP) is 1.96. The summed E-state index contributed by atoms with van der Waals surface area (Å²) in [5, 5.41) is 9.52. The third-order valence-electron chi connectivity index (χ3n) is 3.18. The summed E-state index contributed by atoms with van der Waals surface area (Å²) in [5.41, 5.74) is 13.5. The van der Waals surface area contributed by atoms with E-state index in [1.54, 1.807) is 6.08 Å². The minimum atomic E-state index is -0.958. The maximum atomic E-state index is 12.0. The average molecular weight is 297 g/mol. The van der Waals surface area contributed by atoms with Crippen LogP contribution in [-0.2, 0) is 9.53 Å². The van der Waals surface area contributed by atoms with Gasteiger partial charge in [0.15, 0.2) is 12.1 Å². The van der Waals surface area contributed by atoms with Gasteiger partial charge >= 0.3 is 0 Å². The number of rotatable bonds is 8. The predicted molar refractivity (Wildman–Crippen MR) is 84.8 cm³/mol. The molecular weight excluding hydrogens is 278 g/mol. The van der Waals surface area contributed by atoms with Crippen molar-refractivity contribution in [2.45, 2.75) is 19.1 Å². The molecule has 1 aromatic carbocycles. The van der Waals surface area contributed by atoms with Crippen molar-refractivity contribution in [1.29, 1.82) is 0 Å². The molecule has 0 spiro atoms. The molecule has 1 unspecified atom stereocenters. The lowest BCUT2D eigenvalue weighted by molar-refractivity contribution is -0.122. The summed E-state index contributed by atoms with van der Waals surface area (Å²) in [5.74, 6) is -0.0914. The first-order valence-electron chi connectivity index (χ1n) is 7.23. The van der Waals surface area contributed by atoms with Gasteiger partial charge < -0.3 is 15.6 Å². The van der Waals surface area contributed by atoms with Crippen molar-refractivity contribution in [2.24, 2.45) is 5.73 Å². The fourth-order valence-electron chi connectivity index (χ4n) is 2.01. The Morgan fingerprint density at radius 3 is 2.64 bits per heavy atom. The zero-order chi connectivity index (χ0) is 15.8. The van der Waals surface area contributed by atoms with Gasteiger partial charge in [0.25, 0.3) is 0 Å². The number of aliphatic hydroxyl groups is 1. The molecule has 0 heterocycles. The van der Waals surface area contributed by atoms with Crippen LogP contribution in [0, 0.1) is 0 Å². The van der Waals surface area contributed by atoms with Crippen LogP contribution in [0.5, 0.6) is 0 Å². The molecule has 0 aliphatic heterocycles. The second kappa shape index (κ2) is 8.30. The summed E-state index contributed by atoms with van der Waals surface area (Å²) in [6.07, 6.45) is 3.06. The number of aliphatic hydroxyl groups excluding tert-OH is 1. The Balaban J connectivity index is 1.99. The highest BCUT2D eigenvalue weighted by Crippen LogP contribution is 2.18. The summed E-state index contributed by atoms with van der Waals surface area (Å²) >= 11 is 0. The molecule has 22 heavy (non-hydrogen) atoms. The topological polar surface area (TPSA) is 72.6 Å². The van der Waals surface area contributed by atoms with Gasteiger partial charge in [-0.05, 0) is 17.7 Å². The van der Waals surface area contributed by atoms with Crippen molar-refractivity contribution in [3.63, 3.8) is 0 Å². The number of benzene rings is 1. The van der Waals surface area contributed by atoms with Crippen LogP contribution in [0.2, 0.25) is 0 Å². The first-order valence-corrected chi connectivity index (χ1v) is 7.23. The van der Waals surface area contributed by atoms with Gasteiger partial charge in [0.05, 0.1) is 12.2 Å². The quantitative estimate of drug-likeness (QED) is 0.568. The first-order chi connectivity index (χ1) is 10.7. The number of allylic oxidation sites excluding steroid dienone is 4. The number of carbonyl (C=O) groups is 1. The Bertz CT molecular complexity index is 648. The van der Waals surface area contributed by atoms with Crippen LogP contribution in [0.25, 0.3) is 5.57 Å². The molecule has 114 valence electrons. The summed E-state index contributed by atoms with van der Waals surface area (Å²) in [6, 6.07) is 9.80. The number of hydrogen-bond donors (Lipinski definition) is 2. The molecule has 0 saturated heterocycles. The lowest BCUT2D eigenvalue weighted by Crippen LogP contribution is -2.19. The van der Waals surface area contributed by atoms with Gasteiger partial charge in [0.1, 0.15) is 0 Å². The van der Waals surface area contributed by atoms with E-state index in [4.69, 9.17) is 10.5 Å². The first kappa shape index (κ1) is 16.2. The number of carbonyl (C=O) groups excluding carboxylic acids is 1. The highest BCUT2D eigenvalue weighted by molar-refractivity contribution is 5.99. The Morgan fingerprint density at radius 1 is 1.23 bits per heavy atom. The Hall–Kier alpha value is -2.19. The van der Waals surface area contributed by atoms with Gasteiger partial charge in [0.2, 0.25) is 0 Å².